The molecule has 0 aliphatic rings. The maximum atomic E-state index is 5.42. The Morgan fingerprint density at radius 2 is 1.65 bits per heavy atom. The first-order valence-corrected chi connectivity index (χ1v) is 6.38. The SMILES string of the molecule is C#CCOCc1ccc2cccc(COCC#C)c2c1. The molecule has 2 rings (SSSR count). The van der Waals surface area contributed by atoms with Crippen LogP contribution in [-0.4, -0.2) is 13.2 Å². The number of hydrogen-bond acceptors (Lipinski definition) is 2. The summed E-state index contributed by atoms with van der Waals surface area (Å²) in [6.07, 6.45) is 10.4. The number of rotatable bonds is 6. The topological polar surface area (TPSA) is 18.5 Å². The maximum absolute atomic E-state index is 5.42. The first kappa shape index (κ1) is 14.2. The van der Waals surface area contributed by atoms with Crippen LogP contribution in [0.5, 0.6) is 0 Å². The van der Waals surface area contributed by atoms with Gasteiger partial charge in [-0.3, -0.25) is 0 Å². The van der Waals surface area contributed by atoms with Gasteiger partial charge in [0.2, 0.25) is 0 Å². The lowest BCUT2D eigenvalue weighted by Crippen LogP contribution is -1.96. The summed E-state index contributed by atoms with van der Waals surface area (Å²) in [7, 11) is 0. The molecule has 0 spiro atoms. The number of fused-ring (bicyclic) bond motifs is 1. The van der Waals surface area contributed by atoms with Gasteiger partial charge in [-0.2, -0.15) is 0 Å². The molecule has 0 fully saturated rings. The third-order valence-corrected chi connectivity index (χ3v) is 2.93. The van der Waals surface area contributed by atoms with Gasteiger partial charge in [0.25, 0.3) is 0 Å². The summed E-state index contributed by atoms with van der Waals surface area (Å²) in [5, 5.41) is 2.33. The lowest BCUT2D eigenvalue weighted by atomic mass is 10.0. The number of ether oxygens (including phenoxy) is 2. The second-order valence-corrected chi connectivity index (χ2v) is 4.37. The number of benzene rings is 2. The lowest BCUT2D eigenvalue weighted by Gasteiger charge is -2.09. The zero-order valence-electron chi connectivity index (χ0n) is 11.3. The van der Waals surface area contributed by atoms with E-state index >= 15 is 0 Å². The van der Waals surface area contributed by atoms with Crippen molar-refractivity contribution >= 4 is 10.8 Å². The van der Waals surface area contributed by atoms with Gasteiger partial charge in [-0.25, -0.2) is 0 Å². The molecular formula is C18H16O2. The molecule has 20 heavy (non-hydrogen) atoms. The van der Waals surface area contributed by atoms with Crippen LogP contribution in [-0.2, 0) is 22.7 Å². The fourth-order valence-electron chi connectivity index (χ4n) is 2.05. The average Bonchev–Trinajstić information content (AvgIpc) is 2.48. The van der Waals surface area contributed by atoms with Gasteiger partial charge in [-0.05, 0) is 28.0 Å². The molecule has 2 aromatic rings. The van der Waals surface area contributed by atoms with Crippen molar-refractivity contribution in [3.63, 3.8) is 0 Å². The summed E-state index contributed by atoms with van der Waals surface area (Å²) in [4.78, 5) is 0. The van der Waals surface area contributed by atoms with Crippen molar-refractivity contribution in [3.05, 3.63) is 47.5 Å². The normalized spacial score (nSPS) is 10.1. The Labute approximate surface area is 119 Å². The molecule has 0 unspecified atom stereocenters. The van der Waals surface area contributed by atoms with Crippen LogP contribution in [0.15, 0.2) is 36.4 Å². The van der Waals surface area contributed by atoms with E-state index in [0.29, 0.717) is 26.4 Å². The van der Waals surface area contributed by atoms with Crippen LogP contribution in [0.4, 0.5) is 0 Å². The van der Waals surface area contributed by atoms with E-state index in [1.165, 1.54) is 5.39 Å². The fraction of sp³-hybridized carbons (Fsp3) is 0.222. The van der Waals surface area contributed by atoms with E-state index in [9.17, 15) is 0 Å². The molecule has 0 atom stereocenters. The monoisotopic (exact) mass is 264 g/mol. The predicted molar refractivity (Wildman–Crippen MR) is 80.9 cm³/mol. The van der Waals surface area contributed by atoms with Crippen molar-refractivity contribution in [2.24, 2.45) is 0 Å². The third-order valence-electron chi connectivity index (χ3n) is 2.93. The molecule has 0 saturated carbocycles. The van der Waals surface area contributed by atoms with Crippen LogP contribution in [0.2, 0.25) is 0 Å². The second-order valence-electron chi connectivity index (χ2n) is 4.37. The Hall–Kier alpha value is -2.26. The van der Waals surface area contributed by atoms with Gasteiger partial charge in [-0.1, -0.05) is 42.2 Å². The molecule has 0 radical (unpaired) electrons. The van der Waals surface area contributed by atoms with E-state index in [4.69, 9.17) is 22.3 Å². The first-order valence-electron chi connectivity index (χ1n) is 6.38. The van der Waals surface area contributed by atoms with E-state index in [2.05, 4.69) is 30.0 Å². The van der Waals surface area contributed by atoms with Crippen LogP contribution in [0.1, 0.15) is 11.1 Å². The Morgan fingerprint density at radius 3 is 2.40 bits per heavy atom. The van der Waals surface area contributed by atoms with Crippen molar-refractivity contribution < 1.29 is 9.47 Å². The highest BCUT2D eigenvalue weighted by molar-refractivity contribution is 5.86. The Bertz CT molecular complexity index is 659. The van der Waals surface area contributed by atoms with Gasteiger partial charge in [0.15, 0.2) is 0 Å². The minimum Gasteiger partial charge on any atom is -0.364 e. The summed E-state index contributed by atoms with van der Waals surface area (Å²) in [5.74, 6) is 4.93. The molecule has 0 amide bonds. The highest BCUT2D eigenvalue weighted by Gasteiger charge is 2.03. The van der Waals surface area contributed by atoms with Gasteiger partial charge in [0.05, 0.1) is 13.2 Å². The molecule has 2 nitrogen and oxygen atoms in total. The molecule has 0 aliphatic heterocycles. The van der Waals surface area contributed by atoms with E-state index in [-0.39, 0.29) is 0 Å². The molecule has 2 aromatic carbocycles. The fourth-order valence-corrected chi connectivity index (χ4v) is 2.05. The lowest BCUT2D eigenvalue weighted by molar-refractivity contribution is 0.153. The average molecular weight is 264 g/mol. The first-order chi connectivity index (χ1) is 9.85. The Kier molecular flexibility index (Phi) is 5.21. The van der Waals surface area contributed by atoms with Crippen LogP contribution >= 0.6 is 0 Å². The quantitative estimate of drug-likeness (QED) is 0.589. The smallest absolute Gasteiger partial charge is 0.107 e. The van der Waals surface area contributed by atoms with Crippen molar-refractivity contribution in [1.82, 2.24) is 0 Å². The van der Waals surface area contributed by atoms with Crippen LogP contribution in [0, 0.1) is 24.7 Å². The van der Waals surface area contributed by atoms with Crippen molar-refractivity contribution in [2.45, 2.75) is 13.2 Å². The van der Waals surface area contributed by atoms with E-state index in [1.54, 1.807) is 0 Å². The second kappa shape index (κ2) is 7.36. The molecule has 0 N–H and O–H groups in total. The van der Waals surface area contributed by atoms with Crippen LogP contribution in [0.25, 0.3) is 10.8 Å². The molecule has 0 aliphatic carbocycles. The Morgan fingerprint density at radius 1 is 0.900 bits per heavy atom. The number of hydrogen-bond donors (Lipinski definition) is 0. The number of terminal acetylenes is 2. The molecule has 100 valence electrons. The predicted octanol–water partition coefficient (Wildman–Crippen LogP) is 3.14. The molecule has 0 saturated heterocycles. The molecule has 2 heteroatoms. The van der Waals surface area contributed by atoms with Crippen LogP contribution in [0.3, 0.4) is 0 Å². The van der Waals surface area contributed by atoms with Crippen LogP contribution < -0.4 is 0 Å². The summed E-state index contributed by atoms with van der Waals surface area (Å²) < 4.78 is 10.8. The van der Waals surface area contributed by atoms with Crippen molar-refractivity contribution in [2.75, 3.05) is 13.2 Å². The van der Waals surface area contributed by atoms with Gasteiger partial charge >= 0.3 is 0 Å². The van der Waals surface area contributed by atoms with Crippen molar-refractivity contribution in [3.8, 4) is 24.7 Å². The van der Waals surface area contributed by atoms with Gasteiger partial charge in [-0.15, -0.1) is 12.8 Å². The summed E-state index contributed by atoms with van der Waals surface area (Å²) in [6, 6.07) is 12.4. The third kappa shape index (κ3) is 3.62. The Balaban J connectivity index is 2.22. The summed E-state index contributed by atoms with van der Waals surface area (Å²) in [6.45, 7) is 1.67. The molecule has 0 aromatic heterocycles. The van der Waals surface area contributed by atoms with E-state index in [0.717, 1.165) is 16.5 Å². The van der Waals surface area contributed by atoms with Gasteiger partial charge < -0.3 is 9.47 Å². The highest BCUT2D eigenvalue weighted by Crippen LogP contribution is 2.21. The van der Waals surface area contributed by atoms with E-state index in [1.807, 2.05) is 18.2 Å². The van der Waals surface area contributed by atoms with Gasteiger partial charge in [0, 0.05) is 0 Å². The summed E-state index contributed by atoms with van der Waals surface area (Å²) in [5.41, 5.74) is 2.22. The maximum Gasteiger partial charge on any atom is 0.107 e. The minimum absolute atomic E-state index is 0.321. The molecular weight excluding hydrogens is 248 g/mol. The molecule has 0 bridgehead atoms. The minimum atomic E-state index is 0.321. The van der Waals surface area contributed by atoms with Crippen molar-refractivity contribution in [1.29, 1.82) is 0 Å². The molecule has 0 heterocycles. The largest absolute Gasteiger partial charge is 0.364 e. The summed E-state index contributed by atoms with van der Waals surface area (Å²) >= 11 is 0. The standard InChI is InChI=1S/C18H16O2/c1-3-10-19-13-15-8-9-16-6-5-7-17(18(16)12-15)14-20-11-4-2/h1-2,5-9,12H,10-11,13-14H2. The van der Waals surface area contributed by atoms with Gasteiger partial charge in [0.1, 0.15) is 13.2 Å². The highest BCUT2D eigenvalue weighted by atomic mass is 16.5. The van der Waals surface area contributed by atoms with E-state index < -0.39 is 0 Å². The zero-order chi connectivity index (χ0) is 14.2. The zero-order valence-corrected chi connectivity index (χ0v) is 11.3.